The number of halogens is 4. The molecule has 0 atom stereocenters. The van der Waals surface area contributed by atoms with Crippen LogP contribution in [0.3, 0.4) is 0 Å². The largest absolute Gasteiger partial charge is 0.430 e. The number of amides is 1. The van der Waals surface area contributed by atoms with Gasteiger partial charge in [0.05, 0.1) is 16.4 Å². The van der Waals surface area contributed by atoms with Crippen LogP contribution >= 0.6 is 22.9 Å². The third-order valence-corrected chi connectivity index (χ3v) is 5.77. The summed E-state index contributed by atoms with van der Waals surface area (Å²) in [4.78, 5) is 16.8. The van der Waals surface area contributed by atoms with Crippen molar-refractivity contribution in [3.63, 3.8) is 0 Å². The van der Waals surface area contributed by atoms with Crippen LogP contribution in [-0.2, 0) is 0 Å². The molecule has 172 valence electrons. The predicted octanol–water partition coefficient (Wildman–Crippen LogP) is 6.09. The van der Waals surface area contributed by atoms with Crippen LogP contribution in [0.25, 0.3) is 0 Å². The molecule has 2 aromatic carbocycles. The average Bonchev–Trinajstić information content (AvgIpc) is 3.23. The van der Waals surface area contributed by atoms with E-state index in [-0.39, 0.29) is 27.9 Å². The number of rotatable bonds is 6. The number of carbonyl (C=O) groups is 1. The number of aliphatic imine (C=N–C) groups is 1. The molecule has 0 radical (unpaired) electrons. The molecule has 0 aliphatic heterocycles. The molecule has 6 nitrogen and oxygen atoms in total. The van der Waals surface area contributed by atoms with Gasteiger partial charge in [0.25, 0.3) is 5.91 Å². The highest BCUT2D eigenvalue weighted by atomic mass is 35.5. The van der Waals surface area contributed by atoms with E-state index in [4.69, 9.17) is 17.3 Å². The zero-order valence-corrected chi connectivity index (χ0v) is 19.1. The van der Waals surface area contributed by atoms with E-state index in [2.05, 4.69) is 20.5 Å². The van der Waals surface area contributed by atoms with Crippen molar-refractivity contribution >= 4 is 45.4 Å². The van der Waals surface area contributed by atoms with Crippen molar-refractivity contribution in [2.24, 2.45) is 10.7 Å². The van der Waals surface area contributed by atoms with E-state index in [0.29, 0.717) is 10.7 Å². The molecule has 0 aliphatic rings. The third kappa shape index (κ3) is 6.39. The van der Waals surface area contributed by atoms with Gasteiger partial charge in [-0.25, -0.2) is 4.99 Å². The zero-order chi connectivity index (χ0) is 24.2. The second-order valence-corrected chi connectivity index (χ2v) is 8.59. The SMILES string of the molecule is CC(C)c1nnc(NC(=O)c2ccc(C(C=C(N)C(F)(F)F)=Nc3ccccc3Cl)cc2)s1. The maximum Gasteiger partial charge on any atom is 0.430 e. The maximum absolute atomic E-state index is 13.0. The fourth-order valence-electron chi connectivity index (χ4n) is 2.56. The molecule has 3 rings (SSSR count). The number of hydrogen-bond acceptors (Lipinski definition) is 6. The van der Waals surface area contributed by atoms with Crippen LogP contribution in [0.5, 0.6) is 0 Å². The second-order valence-electron chi connectivity index (χ2n) is 7.18. The lowest BCUT2D eigenvalue weighted by atomic mass is 10.1. The molecule has 0 saturated carbocycles. The minimum Gasteiger partial charge on any atom is -0.395 e. The van der Waals surface area contributed by atoms with Crippen LogP contribution in [0.4, 0.5) is 24.0 Å². The Morgan fingerprint density at radius 3 is 2.33 bits per heavy atom. The highest BCUT2D eigenvalue weighted by molar-refractivity contribution is 7.15. The van der Waals surface area contributed by atoms with Gasteiger partial charge >= 0.3 is 6.18 Å². The van der Waals surface area contributed by atoms with Crippen molar-refractivity contribution in [2.45, 2.75) is 25.9 Å². The van der Waals surface area contributed by atoms with Gasteiger partial charge in [-0.3, -0.25) is 10.1 Å². The van der Waals surface area contributed by atoms with E-state index in [9.17, 15) is 18.0 Å². The van der Waals surface area contributed by atoms with Crippen LogP contribution < -0.4 is 11.1 Å². The van der Waals surface area contributed by atoms with E-state index in [0.717, 1.165) is 11.1 Å². The highest BCUT2D eigenvalue weighted by Gasteiger charge is 2.31. The number of alkyl halides is 3. The van der Waals surface area contributed by atoms with Crippen molar-refractivity contribution in [1.29, 1.82) is 0 Å². The summed E-state index contributed by atoms with van der Waals surface area (Å²) < 4.78 is 39.1. The van der Waals surface area contributed by atoms with Gasteiger partial charge in [0.1, 0.15) is 10.7 Å². The lowest BCUT2D eigenvalue weighted by molar-refractivity contribution is -0.0925. The number of nitrogens with one attached hydrogen (secondary N) is 1. The molecular weight excluding hydrogens is 475 g/mol. The first-order valence-corrected chi connectivity index (χ1v) is 10.9. The smallest absolute Gasteiger partial charge is 0.395 e. The number of carbonyl (C=O) groups excluding carboxylic acids is 1. The van der Waals surface area contributed by atoms with Crippen molar-refractivity contribution in [2.75, 3.05) is 5.32 Å². The molecule has 0 saturated heterocycles. The molecule has 11 heteroatoms. The van der Waals surface area contributed by atoms with Gasteiger partial charge in [-0.15, -0.1) is 10.2 Å². The van der Waals surface area contributed by atoms with E-state index >= 15 is 0 Å². The van der Waals surface area contributed by atoms with Crippen LogP contribution in [0.15, 0.2) is 65.3 Å². The Balaban J connectivity index is 1.90. The number of benzene rings is 2. The van der Waals surface area contributed by atoms with Gasteiger partial charge in [0.15, 0.2) is 0 Å². The predicted molar refractivity (Wildman–Crippen MR) is 124 cm³/mol. The van der Waals surface area contributed by atoms with Crippen molar-refractivity contribution < 1.29 is 18.0 Å². The van der Waals surface area contributed by atoms with E-state index in [1.54, 1.807) is 24.3 Å². The Morgan fingerprint density at radius 2 is 1.76 bits per heavy atom. The summed E-state index contributed by atoms with van der Waals surface area (Å²) in [6, 6.07) is 12.4. The summed E-state index contributed by atoms with van der Waals surface area (Å²) in [6.45, 7) is 3.93. The molecule has 1 aromatic heterocycles. The summed E-state index contributed by atoms with van der Waals surface area (Å²) in [5, 5.41) is 12.0. The summed E-state index contributed by atoms with van der Waals surface area (Å²) in [7, 11) is 0. The number of nitrogens with zero attached hydrogens (tertiary/aromatic N) is 3. The molecular formula is C22H19ClF3N5OS. The molecule has 0 unspecified atom stereocenters. The van der Waals surface area contributed by atoms with E-state index in [1.165, 1.54) is 35.6 Å². The first-order valence-electron chi connectivity index (χ1n) is 9.67. The molecule has 33 heavy (non-hydrogen) atoms. The standard InChI is InChI=1S/C22H19ClF3N5OS/c1-12(2)20-30-31-21(33-20)29-19(32)14-9-7-13(8-10-14)17(11-18(27)22(24,25)26)28-16-6-4-3-5-15(16)23/h3-12H,27H2,1-2H3,(H,29,31,32). The molecule has 0 bridgehead atoms. The molecule has 1 heterocycles. The van der Waals surface area contributed by atoms with E-state index in [1.807, 2.05) is 13.8 Å². The number of anilines is 1. The van der Waals surface area contributed by atoms with Gasteiger partial charge in [-0.2, -0.15) is 13.2 Å². The van der Waals surface area contributed by atoms with Crippen molar-refractivity contribution in [3.05, 3.63) is 81.5 Å². The fraction of sp³-hybridized carbons (Fsp3) is 0.182. The maximum atomic E-state index is 13.0. The Kier molecular flexibility index (Phi) is 7.50. The third-order valence-electron chi connectivity index (χ3n) is 4.31. The summed E-state index contributed by atoms with van der Waals surface area (Å²) >= 11 is 7.37. The van der Waals surface area contributed by atoms with Gasteiger partial charge < -0.3 is 5.73 Å². The minimum absolute atomic E-state index is 0.0596. The molecule has 3 aromatic rings. The number of hydrogen-bond donors (Lipinski definition) is 2. The summed E-state index contributed by atoms with van der Waals surface area (Å²) in [5.74, 6) is -0.247. The monoisotopic (exact) mass is 493 g/mol. The second kappa shape index (κ2) is 10.1. The molecule has 0 aliphatic carbocycles. The molecule has 3 N–H and O–H groups in total. The quantitative estimate of drug-likeness (QED) is 0.406. The fourth-order valence-corrected chi connectivity index (χ4v) is 3.48. The molecule has 0 spiro atoms. The molecule has 1 amide bonds. The average molecular weight is 494 g/mol. The highest BCUT2D eigenvalue weighted by Crippen LogP contribution is 2.27. The number of nitrogens with two attached hydrogens (primary N) is 1. The van der Waals surface area contributed by atoms with Crippen molar-refractivity contribution in [3.8, 4) is 0 Å². The Hall–Kier alpha value is -3.24. The van der Waals surface area contributed by atoms with Crippen LogP contribution in [0.1, 0.15) is 40.7 Å². The summed E-state index contributed by atoms with van der Waals surface area (Å²) in [5.41, 5.74) is 4.72. The van der Waals surface area contributed by atoms with Gasteiger partial charge in [-0.05, 0) is 30.3 Å². The number of aromatic nitrogens is 2. The van der Waals surface area contributed by atoms with E-state index < -0.39 is 17.8 Å². The van der Waals surface area contributed by atoms with Gasteiger partial charge in [-0.1, -0.05) is 61.1 Å². The Labute approximate surface area is 197 Å². The molecule has 0 fully saturated rings. The Bertz CT molecular complexity index is 1200. The first-order chi connectivity index (χ1) is 15.5. The van der Waals surface area contributed by atoms with Crippen LogP contribution in [0.2, 0.25) is 5.02 Å². The number of para-hydroxylation sites is 1. The van der Waals surface area contributed by atoms with Gasteiger partial charge in [0.2, 0.25) is 5.13 Å². The topological polar surface area (TPSA) is 93.3 Å². The van der Waals surface area contributed by atoms with Crippen LogP contribution in [-0.4, -0.2) is 28.0 Å². The normalized spacial score (nSPS) is 12.8. The first kappa shape index (κ1) is 24.4. The van der Waals surface area contributed by atoms with Gasteiger partial charge in [0, 0.05) is 17.0 Å². The lowest BCUT2D eigenvalue weighted by Crippen LogP contribution is -2.21. The number of allylic oxidation sites excluding steroid dienone is 2. The van der Waals surface area contributed by atoms with Crippen molar-refractivity contribution in [1.82, 2.24) is 10.2 Å². The Morgan fingerprint density at radius 1 is 1.12 bits per heavy atom. The minimum atomic E-state index is -4.72. The zero-order valence-electron chi connectivity index (χ0n) is 17.5. The summed E-state index contributed by atoms with van der Waals surface area (Å²) in [6.07, 6.45) is -4.00. The lowest BCUT2D eigenvalue weighted by Gasteiger charge is -2.09. The van der Waals surface area contributed by atoms with Crippen LogP contribution in [0, 0.1) is 0 Å².